The second-order valence-corrected chi connectivity index (χ2v) is 3.53. The third kappa shape index (κ3) is 2.33. The van der Waals surface area contributed by atoms with Gasteiger partial charge in [0, 0.05) is 25.9 Å². The van der Waals surface area contributed by atoms with E-state index >= 15 is 0 Å². The molecule has 14 heavy (non-hydrogen) atoms. The Morgan fingerprint density at radius 2 is 2.50 bits per heavy atom. The monoisotopic (exact) mass is 197 g/mol. The summed E-state index contributed by atoms with van der Waals surface area (Å²) in [7, 11) is 0. The smallest absolute Gasteiger partial charge is 0.199 e. The highest BCUT2D eigenvalue weighted by atomic mass is 16.5. The van der Waals surface area contributed by atoms with Crippen LogP contribution in [0.25, 0.3) is 0 Å². The Morgan fingerprint density at radius 1 is 1.57 bits per heavy atom. The molecule has 0 aromatic heterocycles. The van der Waals surface area contributed by atoms with Gasteiger partial charge in [-0.25, -0.2) is 0 Å². The van der Waals surface area contributed by atoms with Crippen LogP contribution in [-0.4, -0.2) is 38.2 Å². The van der Waals surface area contributed by atoms with E-state index < -0.39 is 0 Å². The second kappa shape index (κ2) is 4.57. The molecule has 78 valence electrons. The first-order valence-electron chi connectivity index (χ1n) is 5.05. The molecule has 4 heteroatoms. The quantitative estimate of drug-likeness (QED) is 0.704. The molecule has 0 radical (unpaired) electrons. The van der Waals surface area contributed by atoms with E-state index in [4.69, 9.17) is 9.47 Å². The number of carbonyl (C=O) groups excluding carboxylic acids is 1. The minimum Gasteiger partial charge on any atom is -0.490 e. The molecule has 4 nitrogen and oxygen atoms in total. The summed E-state index contributed by atoms with van der Waals surface area (Å²) >= 11 is 0. The number of ether oxygens (including phenoxy) is 2. The number of hydrogen-bond acceptors (Lipinski definition) is 4. The highest BCUT2D eigenvalue weighted by Gasteiger charge is 2.21. The van der Waals surface area contributed by atoms with Crippen LogP contribution in [0.4, 0.5) is 0 Å². The van der Waals surface area contributed by atoms with Gasteiger partial charge in [0.2, 0.25) is 0 Å². The van der Waals surface area contributed by atoms with Crippen molar-refractivity contribution in [2.45, 2.75) is 18.9 Å². The number of morpholine rings is 1. The van der Waals surface area contributed by atoms with Gasteiger partial charge >= 0.3 is 0 Å². The van der Waals surface area contributed by atoms with E-state index in [0.717, 1.165) is 19.5 Å². The predicted octanol–water partition coefficient (Wildman–Crippen LogP) is 0.238. The summed E-state index contributed by atoms with van der Waals surface area (Å²) in [4.78, 5) is 11.6. The normalized spacial score (nSPS) is 26.9. The average molecular weight is 197 g/mol. The molecule has 0 bridgehead atoms. The highest BCUT2D eigenvalue weighted by Crippen LogP contribution is 2.14. The molecule has 1 saturated heterocycles. The minimum atomic E-state index is 0.0151. The van der Waals surface area contributed by atoms with Crippen molar-refractivity contribution in [1.82, 2.24) is 5.32 Å². The summed E-state index contributed by atoms with van der Waals surface area (Å²) in [6.45, 7) is 2.98. The van der Waals surface area contributed by atoms with Crippen LogP contribution in [0.1, 0.15) is 12.8 Å². The van der Waals surface area contributed by atoms with E-state index in [0.29, 0.717) is 25.4 Å². The van der Waals surface area contributed by atoms with Gasteiger partial charge < -0.3 is 14.8 Å². The Hall–Kier alpha value is -0.870. The second-order valence-electron chi connectivity index (χ2n) is 3.53. The Kier molecular flexibility index (Phi) is 3.16. The Bertz CT molecular complexity index is 244. The number of nitrogens with one attached hydrogen (secondary N) is 1. The van der Waals surface area contributed by atoms with Crippen LogP contribution in [0.2, 0.25) is 0 Å². The zero-order valence-corrected chi connectivity index (χ0v) is 8.12. The Labute approximate surface area is 83.3 Å². The van der Waals surface area contributed by atoms with Gasteiger partial charge in [-0.3, -0.25) is 4.79 Å². The van der Waals surface area contributed by atoms with Gasteiger partial charge in [0.25, 0.3) is 0 Å². The van der Waals surface area contributed by atoms with Gasteiger partial charge in [-0.1, -0.05) is 0 Å². The fourth-order valence-electron chi connectivity index (χ4n) is 1.67. The lowest BCUT2D eigenvalue weighted by Crippen LogP contribution is -2.39. The number of rotatable bonds is 3. The lowest BCUT2D eigenvalue weighted by Gasteiger charge is -2.22. The summed E-state index contributed by atoms with van der Waals surface area (Å²) in [5, 5.41) is 3.19. The number of hydrogen-bond donors (Lipinski definition) is 1. The number of allylic oxidation sites excluding steroid dienone is 1. The molecule has 2 heterocycles. The van der Waals surface area contributed by atoms with Crippen molar-refractivity contribution >= 4 is 5.78 Å². The maximum atomic E-state index is 11.6. The largest absolute Gasteiger partial charge is 0.490 e. The zero-order chi connectivity index (χ0) is 9.80. The number of ketones is 1. The maximum Gasteiger partial charge on any atom is 0.199 e. The van der Waals surface area contributed by atoms with E-state index in [-0.39, 0.29) is 11.9 Å². The fourth-order valence-corrected chi connectivity index (χ4v) is 1.67. The molecule has 0 aliphatic carbocycles. The van der Waals surface area contributed by atoms with E-state index in [2.05, 4.69) is 5.32 Å². The van der Waals surface area contributed by atoms with Crippen molar-refractivity contribution in [3.63, 3.8) is 0 Å². The first kappa shape index (κ1) is 9.68. The van der Waals surface area contributed by atoms with Crippen LogP contribution in [0.15, 0.2) is 11.8 Å². The molecular weight excluding hydrogens is 182 g/mol. The van der Waals surface area contributed by atoms with Crippen LogP contribution in [0.3, 0.4) is 0 Å². The summed E-state index contributed by atoms with van der Waals surface area (Å²) in [5.41, 5.74) is 0. The predicted molar refractivity (Wildman–Crippen MR) is 50.9 cm³/mol. The van der Waals surface area contributed by atoms with Crippen molar-refractivity contribution in [3.05, 3.63) is 11.8 Å². The van der Waals surface area contributed by atoms with Crippen molar-refractivity contribution in [2.75, 3.05) is 26.3 Å². The lowest BCUT2D eigenvalue weighted by atomic mass is 10.1. The summed E-state index contributed by atoms with van der Waals surface area (Å²) in [6, 6.07) is 0. The molecule has 0 amide bonds. The molecule has 0 aromatic carbocycles. The van der Waals surface area contributed by atoms with Gasteiger partial charge in [0.1, 0.15) is 0 Å². The highest BCUT2D eigenvalue weighted by molar-refractivity contribution is 5.94. The molecule has 1 N–H and O–H groups in total. The summed E-state index contributed by atoms with van der Waals surface area (Å²) in [6.07, 6.45) is 3.16. The van der Waals surface area contributed by atoms with Crippen LogP contribution in [-0.2, 0) is 14.3 Å². The molecule has 1 fully saturated rings. The first-order valence-corrected chi connectivity index (χ1v) is 5.05. The first-order chi connectivity index (χ1) is 6.86. The third-order valence-electron chi connectivity index (χ3n) is 2.40. The van der Waals surface area contributed by atoms with Crippen LogP contribution >= 0.6 is 0 Å². The zero-order valence-electron chi connectivity index (χ0n) is 8.12. The maximum absolute atomic E-state index is 11.6. The molecule has 0 saturated carbocycles. The number of Topliss-reactive ketones (excluding diaryl/α,β-unsaturated/α-hetero) is 1. The third-order valence-corrected chi connectivity index (χ3v) is 2.40. The van der Waals surface area contributed by atoms with Crippen molar-refractivity contribution in [2.24, 2.45) is 0 Å². The van der Waals surface area contributed by atoms with E-state index in [1.807, 2.05) is 6.08 Å². The minimum absolute atomic E-state index is 0.0151. The average Bonchev–Trinajstić information content (AvgIpc) is 2.72. The van der Waals surface area contributed by atoms with Crippen LogP contribution in [0.5, 0.6) is 0 Å². The Morgan fingerprint density at radius 3 is 3.14 bits per heavy atom. The number of carbonyl (C=O) groups is 1. The van der Waals surface area contributed by atoms with Gasteiger partial charge in [-0.2, -0.15) is 0 Å². The molecule has 1 atom stereocenters. The van der Waals surface area contributed by atoms with Crippen molar-refractivity contribution in [1.29, 1.82) is 0 Å². The van der Waals surface area contributed by atoms with Gasteiger partial charge in [0.05, 0.1) is 19.3 Å². The van der Waals surface area contributed by atoms with Crippen molar-refractivity contribution < 1.29 is 14.3 Å². The molecule has 2 aliphatic rings. The van der Waals surface area contributed by atoms with Crippen molar-refractivity contribution in [3.8, 4) is 0 Å². The van der Waals surface area contributed by atoms with Crippen LogP contribution < -0.4 is 5.32 Å². The molecule has 1 unspecified atom stereocenters. The standard InChI is InChI=1S/C10H15NO3/c12-9(10-2-1-4-14-10)6-8-7-11-3-5-13-8/h2,8,11H,1,3-7H2. The summed E-state index contributed by atoms with van der Waals surface area (Å²) in [5.74, 6) is 0.593. The van der Waals surface area contributed by atoms with Gasteiger partial charge in [-0.05, 0) is 6.08 Å². The molecule has 0 aromatic rings. The molecule has 0 spiro atoms. The van der Waals surface area contributed by atoms with Gasteiger partial charge in [0.15, 0.2) is 11.5 Å². The fraction of sp³-hybridized carbons (Fsp3) is 0.700. The SMILES string of the molecule is O=C(CC1CNCCO1)C1=CCCO1. The topological polar surface area (TPSA) is 47.6 Å². The summed E-state index contributed by atoms with van der Waals surface area (Å²) < 4.78 is 10.6. The molecule has 2 aliphatic heterocycles. The van der Waals surface area contributed by atoms with Gasteiger partial charge in [-0.15, -0.1) is 0 Å². The van der Waals surface area contributed by atoms with Crippen LogP contribution in [0, 0.1) is 0 Å². The van der Waals surface area contributed by atoms with E-state index in [1.165, 1.54) is 0 Å². The Balaban J connectivity index is 1.81. The van der Waals surface area contributed by atoms with E-state index in [1.54, 1.807) is 0 Å². The molecular formula is C10H15NO3. The van der Waals surface area contributed by atoms with E-state index in [9.17, 15) is 4.79 Å². The lowest BCUT2D eigenvalue weighted by molar-refractivity contribution is -0.121. The molecule has 2 rings (SSSR count).